The van der Waals surface area contributed by atoms with E-state index in [0.717, 1.165) is 5.56 Å². The topological polar surface area (TPSA) is 40.5 Å². The van der Waals surface area contributed by atoms with Crippen LogP contribution in [0.2, 0.25) is 5.15 Å². The zero-order valence-corrected chi connectivity index (χ0v) is 5.73. The maximum absolute atomic E-state index is 5.67. The first-order valence-corrected chi connectivity index (χ1v) is 3.11. The molecule has 0 saturated heterocycles. The molecule has 0 unspecified atom stereocenters. The fourth-order valence-corrected chi connectivity index (χ4v) is 0.820. The molecule has 1 heterocycles. The van der Waals surface area contributed by atoms with E-state index in [0.29, 0.717) is 11.7 Å². The van der Waals surface area contributed by atoms with E-state index in [4.69, 9.17) is 11.6 Å². The van der Waals surface area contributed by atoms with Crippen LogP contribution in [0.5, 0.6) is 0 Å². The van der Waals surface area contributed by atoms with Gasteiger partial charge in [0.15, 0.2) is 0 Å². The molecule has 1 aromatic rings. The fraction of sp³-hybridized carbons (Fsp3) is 0.167. The number of hydrogen-bond donors (Lipinski definition) is 1. The number of halogens is 1. The van der Waals surface area contributed by atoms with Gasteiger partial charge in [-0.2, -0.15) is 0 Å². The number of hydrogen-bond acceptors (Lipinski definition) is 1. The summed E-state index contributed by atoms with van der Waals surface area (Å²) in [5.41, 5.74) is 4.69. The lowest BCUT2D eigenvalue weighted by molar-refractivity contribution is -0.386. The smallest absolute Gasteiger partial charge is 0.137 e. The monoisotopic (exact) mass is 143 g/mol. The lowest BCUT2D eigenvalue weighted by Crippen LogP contribution is -2.47. The van der Waals surface area contributed by atoms with Crippen molar-refractivity contribution in [2.24, 2.45) is 0 Å². The number of nitrogens with zero attached hydrogens (tertiary/aromatic N) is 1. The fourth-order valence-electron chi connectivity index (χ4n) is 0.606. The molecule has 0 radical (unpaired) electrons. The molecule has 3 heteroatoms. The van der Waals surface area contributed by atoms with E-state index in [1.54, 1.807) is 6.20 Å². The van der Waals surface area contributed by atoms with E-state index in [2.05, 4.69) is 10.7 Å². The summed E-state index contributed by atoms with van der Waals surface area (Å²) in [5.74, 6) is 0. The van der Waals surface area contributed by atoms with Crippen molar-refractivity contribution in [2.75, 3.05) is 0 Å². The minimum Gasteiger partial charge on any atom is -0.354 e. The van der Waals surface area contributed by atoms with Crippen molar-refractivity contribution in [1.82, 2.24) is 4.98 Å². The van der Waals surface area contributed by atoms with Crippen LogP contribution in [-0.2, 0) is 6.54 Å². The molecule has 3 N–H and O–H groups in total. The van der Waals surface area contributed by atoms with Gasteiger partial charge in [-0.05, 0) is 12.1 Å². The van der Waals surface area contributed by atoms with E-state index in [1.165, 1.54) is 0 Å². The molecule has 0 amide bonds. The van der Waals surface area contributed by atoms with E-state index in [1.807, 2.05) is 12.1 Å². The van der Waals surface area contributed by atoms with Crippen LogP contribution in [0.3, 0.4) is 0 Å². The van der Waals surface area contributed by atoms with Crippen LogP contribution in [0.4, 0.5) is 0 Å². The Morgan fingerprint density at radius 1 is 1.67 bits per heavy atom. The minimum atomic E-state index is 0.563. The van der Waals surface area contributed by atoms with Crippen molar-refractivity contribution >= 4 is 11.6 Å². The molecule has 0 aromatic carbocycles. The van der Waals surface area contributed by atoms with Crippen molar-refractivity contribution in [1.29, 1.82) is 0 Å². The molecule has 0 aliphatic rings. The summed E-state index contributed by atoms with van der Waals surface area (Å²) < 4.78 is 0. The zero-order valence-electron chi connectivity index (χ0n) is 4.97. The molecule has 48 valence electrons. The van der Waals surface area contributed by atoms with Crippen LogP contribution in [-0.4, -0.2) is 4.98 Å². The second-order valence-corrected chi connectivity index (χ2v) is 2.06. The van der Waals surface area contributed by atoms with Crippen LogP contribution >= 0.6 is 11.6 Å². The number of pyridine rings is 1. The van der Waals surface area contributed by atoms with E-state index in [-0.39, 0.29) is 0 Å². The molecule has 0 aliphatic heterocycles. The first-order valence-electron chi connectivity index (χ1n) is 2.73. The molecular weight excluding hydrogens is 136 g/mol. The average Bonchev–Trinajstić information content (AvgIpc) is 1.89. The Morgan fingerprint density at radius 3 is 2.89 bits per heavy atom. The first-order chi connectivity index (χ1) is 4.34. The SMILES string of the molecule is [NH3+]Cc1cccnc1Cl. The molecule has 9 heavy (non-hydrogen) atoms. The van der Waals surface area contributed by atoms with E-state index >= 15 is 0 Å². The van der Waals surface area contributed by atoms with Gasteiger partial charge in [0.05, 0.1) is 0 Å². The molecule has 0 aliphatic carbocycles. The maximum atomic E-state index is 5.67. The molecule has 1 aromatic heterocycles. The van der Waals surface area contributed by atoms with Gasteiger partial charge in [0, 0.05) is 11.8 Å². The predicted molar refractivity (Wildman–Crippen MR) is 35.8 cm³/mol. The largest absolute Gasteiger partial charge is 0.354 e. The second-order valence-electron chi connectivity index (χ2n) is 1.70. The number of aromatic nitrogens is 1. The standard InChI is InChI=1S/C6H7ClN2/c7-6-5(4-8)2-1-3-9-6/h1-3H,4,8H2/p+1. The van der Waals surface area contributed by atoms with Gasteiger partial charge in [0.25, 0.3) is 0 Å². The molecule has 0 atom stereocenters. The van der Waals surface area contributed by atoms with Crippen molar-refractivity contribution in [3.63, 3.8) is 0 Å². The summed E-state index contributed by atoms with van der Waals surface area (Å²) in [4.78, 5) is 3.88. The summed E-state index contributed by atoms with van der Waals surface area (Å²) in [6, 6.07) is 3.77. The summed E-state index contributed by atoms with van der Waals surface area (Å²) in [7, 11) is 0. The molecule has 0 saturated carbocycles. The number of rotatable bonds is 1. The summed E-state index contributed by atoms with van der Waals surface area (Å²) >= 11 is 5.67. The van der Waals surface area contributed by atoms with Gasteiger partial charge in [-0.3, -0.25) is 0 Å². The summed E-state index contributed by atoms with van der Waals surface area (Å²) in [6.45, 7) is 0.701. The third-order valence-corrected chi connectivity index (χ3v) is 1.45. The van der Waals surface area contributed by atoms with Gasteiger partial charge >= 0.3 is 0 Å². The predicted octanol–water partition coefficient (Wildman–Crippen LogP) is 0.477. The quantitative estimate of drug-likeness (QED) is 0.571. The van der Waals surface area contributed by atoms with Crippen LogP contribution in [0.25, 0.3) is 0 Å². The third-order valence-electron chi connectivity index (χ3n) is 1.11. The Kier molecular flexibility index (Phi) is 2.03. The number of quaternary nitrogens is 1. The van der Waals surface area contributed by atoms with Gasteiger partial charge in [-0.15, -0.1) is 0 Å². The highest BCUT2D eigenvalue weighted by Gasteiger charge is 1.96. The normalized spacial score (nSPS) is 9.56. The summed E-state index contributed by atoms with van der Waals surface area (Å²) in [5, 5.41) is 0.563. The first kappa shape index (κ1) is 6.52. The minimum absolute atomic E-state index is 0.563. The maximum Gasteiger partial charge on any atom is 0.137 e. The highest BCUT2D eigenvalue weighted by molar-refractivity contribution is 6.30. The Morgan fingerprint density at radius 2 is 2.44 bits per heavy atom. The lowest BCUT2D eigenvalue weighted by Gasteiger charge is -1.93. The third kappa shape index (κ3) is 1.40. The van der Waals surface area contributed by atoms with Gasteiger partial charge in [-0.1, -0.05) is 11.6 Å². The Bertz CT molecular complexity index is 200. The lowest BCUT2D eigenvalue weighted by atomic mass is 10.3. The molecule has 0 spiro atoms. The molecule has 1 rings (SSSR count). The Hall–Kier alpha value is -0.600. The Balaban J connectivity index is 3.01. The van der Waals surface area contributed by atoms with E-state index < -0.39 is 0 Å². The van der Waals surface area contributed by atoms with Gasteiger partial charge in [-0.25, -0.2) is 4.98 Å². The van der Waals surface area contributed by atoms with Crippen molar-refractivity contribution in [3.05, 3.63) is 29.0 Å². The van der Waals surface area contributed by atoms with E-state index in [9.17, 15) is 0 Å². The van der Waals surface area contributed by atoms with Crippen molar-refractivity contribution < 1.29 is 5.73 Å². The molecule has 0 fully saturated rings. The molecule has 0 bridgehead atoms. The highest BCUT2D eigenvalue weighted by Crippen LogP contribution is 2.08. The second kappa shape index (κ2) is 2.80. The van der Waals surface area contributed by atoms with Gasteiger partial charge in [0.1, 0.15) is 11.7 Å². The van der Waals surface area contributed by atoms with Crippen LogP contribution in [0.15, 0.2) is 18.3 Å². The highest BCUT2D eigenvalue weighted by atomic mass is 35.5. The van der Waals surface area contributed by atoms with Crippen molar-refractivity contribution in [2.45, 2.75) is 6.54 Å². The Labute approximate surface area is 58.7 Å². The molecular formula is C6H8ClN2+. The van der Waals surface area contributed by atoms with Crippen LogP contribution in [0, 0.1) is 0 Å². The van der Waals surface area contributed by atoms with Crippen LogP contribution < -0.4 is 5.73 Å². The van der Waals surface area contributed by atoms with Gasteiger partial charge < -0.3 is 5.73 Å². The average molecular weight is 144 g/mol. The molecule has 2 nitrogen and oxygen atoms in total. The zero-order chi connectivity index (χ0) is 6.69. The van der Waals surface area contributed by atoms with Crippen LogP contribution in [0.1, 0.15) is 5.56 Å². The summed E-state index contributed by atoms with van der Waals surface area (Å²) in [6.07, 6.45) is 1.67. The van der Waals surface area contributed by atoms with Crippen molar-refractivity contribution in [3.8, 4) is 0 Å². The van der Waals surface area contributed by atoms with Gasteiger partial charge in [0.2, 0.25) is 0 Å².